The Bertz CT molecular complexity index is 1030. The molecule has 190 valence electrons. The van der Waals surface area contributed by atoms with E-state index in [9.17, 15) is 14.4 Å². The molecular formula is C27H35NO7. The Morgan fingerprint density at radius 2 is 1.86 bits per heavy atom. The lowest BCUT2D eigenvalue weighted by atomic mass is 9.69. The molecule has 0 fully saturated rings. The lowest BCUT2D eigenvalue weighted by Gasteiger charge is -2.38. The Labute approximate surface area is 206 Å². The van der Waals surface area contributed by atoms with Crippen molar-refractivity contribution >= 4 is 17.7 Å². The number of esters is 2. The lowest BCUT2D eigenvalue weighted by Crippen LogP contribution is -2.43. The molecule has 8 heteroatoms. The number of dihydropyridines is 1. The van der Waals surface area contributed by atoms with Crippen molar-refractivity contribution in [2.75, 3.05) is 33.5 Å². The van der Waals surface area contributed by atoms with Crippen molar-refractivity contribution in [1.82, 2.24) is 5.32 Å². The van der Waals surface area contributed by atoms with Crippen LogP contribution in [0.2, 0.25) is 0 Å². The van der Waals surface area contributed by atoms with Crippen molar-refractivity contribution in [2.45, 2.75) is 46.5 Å². The van der Waals surface area contributed by atoms with E-state index in [-0.39, 0.29) is 24.9 Å². The molecule has 0 aromatic heterocycles. The molecule has 1 N–H and O–H groups in total. The van der Waals surface area contributed by atoms with E-state index in [1.165, 1.54) is 7.11 Å². The first kappa shape index (κ1) is 26.5. The van der Waals surface area contributed by atoms with Crippen LogP contribution in [0, 0.1) is 11.8 Å². The summed E-state index contributed by atoms with van der Waals surface area (Å²) in [5.74, 6) is -2.84. The highest BCUT2D eigenvalue weighted by Crippen LogP contribution is 2.47. The van der Waals surface area contributed by atoms with Crippen molar-refractivity contribution in [1.29, 1.82) is 0 Å². The maximum atomic E-state index is 13.8. The summed E-state index contributed by atoms with van der Waals surface area (Å²) in [6, 6.07) is 7.33. The van der Waals surface area contributed by atoms with Crippen molar-refractivity contribution < 1.29 is 33.3 Å². The van der Waals surface area contributed by atoms with E-state index in [1.807, 2.05) is 45.0 Å². The number of para-hydroxylation sites is 1. The Morgan fingerprint density at radius 3 is 2.54 bits per heavy atom. The number of Topliss-reactive ketones (excluding diaryl/α,β-unsaturated/α-hetero) is 1. The molecule has 0 saturated heterocycles. The molecule has 0 amide bonds. The highest BCUT2D eigenvalue weighted by molar-refractivity contribution is 6.12. The molecule has 2 aliphatic rings. The van der Waals surface area contributed by atoms with Crippen molar-refractivity contribution in [3.8, 4) is 5.75 Å². The molecular weight excluding hydrogens is 450 g/mol. The summed E-state index contributed by atoms with van der Waals surface area (Å²) in [5.41, 5.74) is 2.68. The maximum Gasteiger partial charge on any atom is 0.336 e. The molecule has 0 radical (unpaired) electrons. The third kappa shape index (κ3) is 5.59. The van der Waals surface area contributed by atoms with Crippen LogP contribution in [0.3, 0.4) is 0 Å². The van der Waals surface area contributed by atoms with Crippen LogP contribution < -0.4 is 10.1 Å². The van der Waals surface area contributed by atoms with Gasteiger partial charge in [-0.15, -0.1) is 0 Å². The molecule has 3 rings (SSSR count). The van der Waals surface area contributed by atoms with Crippen LogP contribution >= 0.6 is 0 Å². The number of hydrogen-bond acceptors (Lipinski definition) is 8. The number of carbonyl (C=O) groups excluding carboxylic acids is 3. The molecule has 0 saturated carbocycles. The van der Waals surface area contributed by atoms with E-state index in [2.05, 4.69) is 5.32 Å². The number of nitrogens with one attached hydrogen (secondary N) is 1. The number of benzene rings is 1. The van der Waals surface area contributed by atoms with Crippen molar-refractivity contribution in [3.63, 3.8) is 0 Å². The quantitative estimate of drug-likeness (QED) is 0.304. The first-order valence-corrected chi connectivity index (χ1v) is 12.1. The molecule has 8 nitrogen and oxygen atoms in total. The summed E-state index contributed by atoms with van der Waals surface area (Å²) >= 11 is 0. The molecule has 3 atom stereocenters. The number of ether oxygens (including phenoxy) is 4. The minimum absolute atomic E-state index is 0.0944. The average Bonchev–Trinajstić information content (AvgIpc) is 2.83. The fraction of sp³-hybridized carbons (Fsp3) is 0.519. The second-order valence-corrected chi connectivity index (χ2v) is 8.75. The van der Waals surface area contributed by atoms with Gasteiger partial charge in [0.2, 0.25) is 0 Å². The van der Waals surface area contributed by atoms with Gasteiger partial charge in [0, 0.05) is 29.1 Å². The number of allylic oxidation sites excluding steroid dienone is 3. The number of hydrogen-bond donors (Lipinski definition) is 1. The van der Waals surface area contributed by atoms with E-state index in [0.29, 0.717) is 53.5 Å². The third-order valence-electron chi connectivity index (χ3n) is 6.30. The standard InChI is InChI=1S/C27H35NO7/c1-6-12-33-13-14-35-27(31)22-17(4)28-19-15-16(3)21(26(30)32-5)25(29)24(19)23(22)18-10-8-9-11-20(18)34-7-2/h8-11,16,21,23,28H,6-7,12-15H2,1-5H3. The largest absolute Gasteiger partial charge is 0.494 e. The summed E-state index contributed by atoms with van der Waals surface area (Å²) in [5, 5.41) is 3.26. The van der Waals surface area contributed by atoms with Gasteiger partial charge in [-0.25, -0.2) is 4.79 Å². The Kier molecular flexibility index (Phi) is 9.09. The SMILES string of the molecule is CCCOCCOC(=O)C1=C(C)NC2=C(C(=O)C(C(=O)OC)C(C)C2)C1c1ccccc1OCC. The van der Waals surface area contributed by atoms with Crippen LogP contribution in [0.25, 0.3) is 0 Å². The molecule has 1 aliphatic heterocycles. The van der Waals surface area contributed by atoms with Crippen molar-refractivity contribution in [2.24, 2.45) is 11.8 Å². The lowest BCUT2D eigenvalue weighted by molar-refractivity contribution is -0.151. The number of rotatable bonds is 10. The van der Waals surface area contributed by atoms with E-state index in [0.717, 1.165) is 6.42 Å². The van der Waals surface area contributed by atoms with E-state index >= 15 is 0 Å². The van der Waals surface area contributed by atoms with Gasteiger partial charge >= 0.3 is 11.9 Å². The van der Waals surface area contributed by atoms with Gasteiger partial charge in [0.15, 0.2) is 5.78 Å². The van der Waals surface area contributed by atoms with Gasteiger partial charge in [-0.2, -0.15) is 0 Å². The van der Waals surface area contributed by atoms with E-state index < -0.39 is 23.8 Å². The smallest absolute Gasteiger partial charge is 0.336 e. The number of carbonyl (C=O) groups is 3. The van der Waals surface area contributed by atoms with Crippen LogP contribution in [-0.4, -0.2) is 51.3 Å². The van der Waals surface area contributed by atoms with Crippen LogP contribution in [-0.2, 0) is 28.6 Å². The highest BCUT2D eigenvalue weighted by atomic mass is 16.6. The van der Waals surface area contributed by atoms with E-state index in [4.69, 9.17) is 18.9 Å². The Balaban J connectivity index is 2.08. The number of ketones is 1. The number of methoxy groups -OCH3 is 1. The van der Waals surface area contributed by atoms with E-state index in [1.54, 1.807) is 6.92 Å². The predicted octanol–water partition coefficient (Wildman–Crippen LogP) is 3.67. The summed E-state index contributed by atoms with van der Waals surface area (Å²) < 4.78 is 21.8. The van der Waals surface area contributed by atoms with Crippen LogP contribution in [0.15, 0.2) is 46.8 Å². The fourth-order valence-electron chi connectivity index (χ4n) is 4.79. The second kappa shape index (κ2) is 12.0. The molecule has 1 aliphatic carbocycles. The van der Waals surface area contributed by atoms with Crippen molar-refractivity contribution in [3.05, 3.63) is 52.4 Å². The molecule has 0 bridgehead atoms. The zero-order valence-corrected chi connectivity index (χ0v) is 21.1. The summed E-state index contributed by atoms with van der Waals surface area (Å²) in [4.78, 5) is 39.7. The van der Waals surface area contributed by atoms with Crippen LogP contribution in [0.1, 0.15) is 52.0 Å². The fourth-order valence-corrected chi connectivity index (χ4v) is 4.79. The molecule has 3 unspecified atom stereocenters. The molecule has 35 heavy (non-hydrogen) atoms. The van der Waals surface area contributed by atoms with Gasteiger partial charge in [-0.1, -0.05) is 32.0 Å². The second-order valence-electron chi connectivity index (χ2n) is 8.75. The molecule has 1 aromatic carbocycles. The predicted molar refractivity (Wildman–Crippen MR) is 130 cm³/mol. The zero-order chi connectivity index (χ0) is 25.5. The normalized spacial score (nSPS) is 21.9. The first-order valence-electron chi connectivity index (χ1n) is 12.1. The van der Waals surface area contributed by atoms with Crippen LogP contribution in [0.4, 0.5) is 0 Å². The molecule has 1 aromatic rings. The Hall–Kier alpha value is -3.13. The first-order chi connectivity index (χ1) is 16.8. The summed E-state index contributed by atoms with van der Waals surface area (Å²) in [6.45, 7) is 8.91. The minimum atomic E-state index is -0.944. The van der Waals surface area contributed by atoms with Gasteiger partial charge in [-0.3, -0.25) is 9.59 Å². The average molecular weight is 486 g/mol. The summed E-state index contributed by atoms with van der Waals surface area (Å²) in [6.07, 6.45) is 1.34. The van der Waals surface area contributed by atoms with Gasteiger partial charge in [0.25, 0.3) is 0 Å². The van der Waals surface area contributed by atoms with Gasteiger partial charge in [0.05, 0.1) is 31.8 Å². The monoisotopic (exact) mass is 485 g/mol. The molecule has 1 heterocycles. The van der Waals surface area contributed by atoms with Crippen LogP contribution in [0.5, 0.6) is 5.75 Å². The maximum absolute atomic E-state index is 13.8. The minimum Gasteiger partial charge on any atom is -0.494 e. The topological polar surface area (TPSA) is 100 Å². The Morgan fingerprint density at radius 1 is 1.11 bits per heavy atom. The highest BCUT2D eigenvalue weighted by Gasteiger charge is 2.47. The van der Waals surface area contributed by atoms with Gasteiger partial charge in [0.1, 0.15) is 18.3 Å². The molecule has 0 spiro atoms. The summed E-state index contributed by atoms with van der Waals surface area (Å²) in [7, 11) is 1.28. The van der Waals surface area contributed by atoms with Gasteiger partial charge in [-0.05, 0) is 38.7 Å². The van der Waals surface area contributed by atoms with Gasteiger partial charge < -0.3 is 24.3 Å². The third-order valence-corrected chi connectivity index (χ3v) is 6.30. The zero-order valence-electron chi connectivity index (χ0n) is 21.1.